The lowest BCUT2D eigenvalue weighted by atomic mass is 10.2. The van der Waals surface area contributed by atoms with Crippen LogP contribution in [-0.4, -0.2) is 66.8 Å². The predicted octanol–water partition coefficient (Wildman–Crippen LogP) is -0.475. The number of anilines is 1. The van der Waals surface area contributed by atoms with Crippen LogP contribution in [0.2, 0.25) is 5.28 Å². The van der Waals surface area contributed by atoms with Crippen LogP contribution >= 0.6 is 11.6 Å². The average molecular weight is 330 g/mol. The van der Waals surface area contributed by atoms with E-state index >= 15 is 0 Å². The van der Waals surface area contributed by atoms with E-state index in [1.54, 1.807) is 4.57 Å². The molecule has 3 atom stereocenters. The van der Waals surface area contributed by atoms with Crippen LogP contribution in [0.3, 0.4) is 0 Å². The molecule has 0 amide bonds. The molecule has 22 heavy (non-hydrogen) atoms. The van der Waals surface area contributed by atoms with Gasteiger partial charge in [0.05, 0.1) is 25.6 Å². The number of hydrogen-bond acceptors (Lipinski definition) is 8. The fraction of sp³-hybridized carbons (Fsp3) is 0.583. The van der Waals surface area contributed by atoms with Crippen molar-refractivity contribution in [3.8, 4) is 0 Å². The van der Waals surface area contributed by atoms with Gasteiger partial charge in [0.25, 0.3) is 0 Å². The number of hydrogen-bond donors (Lipinski definition) is 4. The summed E-state index contributed by atoms with van der Waals surface area (Å²) in [5, 5.41) is 30.8. The zero-order chi connectivity index (χ0) is 15.7. The molecule has 0 saturated carbocycles. The molecule has 1 fully saturated rings. The SMILES string of the molecule is OCCNc1nc(Cl)nc2c1ncn2C1CC(O)C(CO)O1. The number of aliphatic hydroxyl groups is 3. The van der Waals surface area contributed by atoms with Crippen molar-refractivity contribution in [1.82, 2.24) is 19.5 Å². The summed E-state index contributed by atoms with van der Waals surface area (Å²) in [5.41, 5.74) is 0.944. The van der Waals surface area contributed by atoms with Gasteiger partial charge in [-0.05, 0) is 11.6 Å². The number of aromatic nitrogens is 4. The highest BCUT2D eigenvalue weighted by molar-refractivity contribution is 6.28. The van der Waals surface area contributed by atoms with Crippen molar-refractivity contribution in [2.45, 2.75) is 24.9 Å². The van der Waals surface area contributed by atoms with E-state index in [1.165, 1.54) is 6.33 Å². The summed E-state index contributed by atoms with van der Waals surface area (Å²) in [6.07, 6.45) is -0.0356. The summed E-state index contributed by atoms with van der Waals surface area (Å²) in [6.45, 7) is -0.0101. The Bertz CT molecular complexity index is 666. The molecule has 2 aromatic heterocycles. The lowest BCUT2D eigenvalue weighted by Crippen LogP contribution is -2.24. The largest absolute Gasteiger partial charge is 0.395 e. The van der Waals surface area contributed by atoms with Crippen molar-refractivity contribution in [2.75, 3.05) is 25.1 Å². The summed E-state index contributed by atoms with van der Waals surface area (Å²) < 4.78 is 7.24. The van der Waals surface area contributed by atoms with Gasteiger partial charge in [-0.15, -0.1) is 0 Å². The number of aliphatic hydroxyl groups excluding tert-OH is 3. The molecule has 2 aromatic rings. The van der Waals surface area contributed by atoms with Gasteiger partial charge >= 0.3 is 0 Å². The molecule has 4 N–H and O–H groups in total. The Morgan fingerprint density at radius 3 is 2.91 bits per heavy atom. The second-order valence-corrected chi connectivity index (χ2v) is 5.27. The van der Waals surface area contributed by atoms with Crippen molar-refractivity contribution in [2.24, 2.45) is 0 Å². The third-order valence-corrected chi connectivity index (χ3v) is 3.66. The molecule has 0 bridgehead atoms. The van der Waals surface area contributed by atoms with Crippen molar-refractivity contribution in [1.29, 1.82) is 0 Å². The molecule has 1 aliphatic heterocycles. The molecule has 3 heterocycles. The monoisotopic (exact) mass is 329 g/mol. The smallest absolute Gasteiger partial charge is 0.226 e. The highest BCUT2D eigenvalue weighted by atomic mass is 35.5. The maximum atomic E-state index is 9.84. The molecular formula is C12H16ClN5O4. The summed E-state index contributed by atoms with van der Waals surface area (Å²) >= 11 is 5.93. The third kappa shape index (κ3) is 2.73. The summed E-state index contributed by atoms with van der Waals surface area (Å²) in [5.74, 6) is 0.417. The Hall–Kier alpha value is -1.52. The van der Waals surface area contributed by atoms with Crippen molar-refractivity contribution in [3.05, 3.63) is 11.6 Å². The second kappa shape index (κ2) is 6.31. The van der Waals surface area contributed by atoms with Gasteiger partial charge in [-0.1, -0.05) is 0 Å². The molecule has 3 unspecified atom stereocenters. The molecule has 3 rings (SSSR count). The van der Waals surface area contributed by atoms with E-state index in [0.717, 1.165) is 0 Å². The first-order chi connectivity index (χ1) is 10.6. The van der Waals surface area contributed by atoms with Gasteiger partial charge in [0.1, 0.15) is 12.3 Å². The van der Waals surface area contributed by atoms with E-state index in [9.17, 15) is 5.11 Å². The van der Waals surface area contributed by atoms with E-state index in [0.29, 0.717) is 29.9 Å². The Morgan fingerprint density at radius 2 is 2.23 bits per heavy atom. The third-order valence-electron chi connectivity index (χ3n) is 3.49. The maximum absolute atomic E-state index is 9.84. The molecular weight excluding hydrogens is 314 g/mol. The van der Waals surface area contributed by atoms with E-state index < -0.39 is 18.4 Å². The minimum Gasteiger partial charge on any atom is -0.395 e. The molecule has 1 aliphatic rings. The van der Waals surface area contributed by atoms with Crippen LogP contribution in [0.5, 0.6) is 0 Å². The molecule has 0 spiro atoms. The lowest BCUT2D eigenvalue weighted by molar-refractivity contribution is -0.0432. The quantitative estimate of drug-likeness (QED) is 0.542. The van der Waals surface area contributed by atoms with Gasteiger partial charge in [-0.25, -0.2) is 4.98 Å². The van der Waals surface area contributed by atoms with E-state index in [1.807, 2.05) is 0 Å². The molecule has 9 nitrogen and oxygen atoms in total. The Balaban J connectivity index is 1.96. The Kier molecular flexibility index (Phi) is 4.41. The van der Waals surface area contributed by atoms with Crippen LogP contribution in [0.15, 0.2) is 6.33 Å². The van der Waals surface area contributed by atoms with Crippen molar-refractivity contribution in [3.63, 3.8) is 0 Å². The summed E-state index contributed by atoms with van der Waals surface area (Å²) in [7, 11) is 0. The number of fused-ring (bicyclic) bond motifs is 1. The fourth-order valence-corrected chi connectivity index (χ4v) is 2.61. The van der Waals surface area contributed by atoms with Crippen LogP contribution in [0.4, 0.5) is 5.82 Å². The van der Waals surface area contributed by atoms with Crippen LogP contribution in [0.25, 0.3) is 11.2 Å². The minimum atomic E-state index is -0.753. The van der Waals surface area contributed by atoms with Gasteiger partial charge in [0.15, 0.2) is 17.0 Å². The molecule has 10 heteroatoms. The number of rotatable bonds is 5. The average Bonchev–Trinajstić information content (AvgIpc) is 3.07. The van der Waals surface area contributed by atoms with Gasteiger partial charge in [-0.2, -0.15) is 9.97 Å². The number of halogens is 1. The van der Waals surface area contributed by atoms with Crippen LogP contribution in [0.1, 0.15) is 12.6 Å². The second-order valence-electron chi connectivity index (χ2n) is 4.93. The molecule has 0 aromatic carbocycles. The lowest BCUT2D eigenvalue weighted by Gasteiger charge is -2.14. The first-order valence-corrected chi connectivity index (χ1v) is 7.21. The molecule has 1 saturated heterocycles. The first kappa shape index (κ1) is 15.4. The highest BCUT2D eigenvalue weighted by Crippen LogP contribution is 2.32. The number of imidazole rings is 1. The Labute approximate surface area is 130 Å². The van der Waals surface area contributed by atoms with Crippen LogP contribution < -0.4 is 5.32 Å². The van der Waals surface area contributed by atoms with E-state index in [-0.39, 0.29) is 18.5 Å². The number of nitrogens with one attached hydrogen (secondary N) is 1. The normalized spacial score (nSPS) is 25.0. The number of nitrogens with zero attached hydrogens (tertiary/aromatic N) is 4. The minimum absolute atomic E-state index is 0.0342. The molecule has 0 radical (unpaired) electrons. The van der Waals surface area contributed by atoms with E-state index in [4.69, 9.17) is 26.6 Å². The summed E-state index contributed by atoms with van der Waals surface area (Å²) in [4.78, 5) is 12.4. The van der Waals surface area contributed by atoms with Gasteiger partial charge in [0, 0.05) is 13.0 Å². The fourth-order valence-electron chi connectivity index (χ4n) is 2.45. The summed E-state index contributed by atoms with van der Waals surface area (Å²) in [6, 6.07) is 0. The van der Waals surface area contributed by atoms with Gasteiger partial charge in [0.2, 0.25) is 5.28 Å². The van der Waals surface area contributed by atoms with Crippen molar-refractivity contribution >= 4 is 28.6 Å². The topological polar surface area (TPSA) is 126 Å². The van der Waals surface area contributed by atoms with E-state index in [2.05, 4.69) is 20.3 Å². The maximum Gasteiger partial charge on any atom is 0.226 e. The standard InChI is InChI=1S/C12H16ClN5O4/c13-12-16-10(14-1-2-19)9-11(17-12)18(5-15-9)8-3-6(21)7(4-20)22-8/h5-8,19-21H,1-4H2,(H,14,16,17). The molecule has 0 aliphatic carbocycles. The van der Waals surface area contributed by atoms with Gasteiger partial charge in [-0.3, -0.25) is 4.57 Å². The highest BCUT2D eigenvalue weighted by Gasteiger charge is 2.35. The van der Waals surface area contributed by atoms with Crippen molar-refractivity contribution < 1.29 is 20.1 Å². The zero-order valence-electron chi connectivity index (χ0n) is 11.6. The zero-order valence-corrected chi connectivity index (χ0v) is 12.3. The van der Waals surface area contributed by atoms with Gasteiger partial charge < -0.3 is 25.4 Å². The first-order valence-electron chi connectivity index (χ1n) is 6.83. The molecule has 120 valence electrons. The Morgan fingerprint density at radius 1 is 1.41 bits per heavy atom. The van der Waals surface area contributed by atoms with Crippen LogP contribution in [-0.2, 0) is 4.74 Å². The van der Waals surface area contributed by atoms with Crippen LogP contribution in [0, 0.1) is 0 Å². The predicted molar refractivity (Wildman–Crippen MR) is 77.5 cm³/mol. The number of ether oxygens (including phenoxy) is 1.